The van der Waals surface area contributed by atoms with E-state index in [0.717, 1.165) is 5.75 Å². The maximum Gasteiger partial charge on any atom is 0.119 e. The molecule has 0 amide bonds. The Labute approximate surface area is 102 Å². The molecule has 0 aliphatic heterocycles. The standard InChI is InChI=1S/C15H17NO/c1-17-14-8-6-13(7-9-14)16-11-10-12-4-2-3-5-15(12)16/h6-11H,2-5H2,1H3. The van der Waals surface area contributed by atoms with Crippen molar-refractivity contribution < 1.29 is 4.74 Å². The van der Waals surface area contributed by atoms with Gasteiger partial charge >= 0.3 is 0 Å². The summed E-state index contributed by atoms with van der Waals surface area (Å²) in [5.41, 5.74) is 4.24. The second-order valence-electron chi connectivity index (χ2n) is 4.56. The van der Waals surface area contributed by atoms with Gasteiger partial charge < -0.3 is 9.30 Å². The van der Waals surface area contributed by atoms with Crippen LogP contribution in [0, 0.1) is 0 Å². The van der Waals surface area contributed by atoms with Crippen molar-refractivity contribution in [1.29, 1.82) is 0 Å². The van der Waals surface area contributed by atoms with Crippen LogP contribution in [0.5, 0.6) is 5.75 Å². The quantitative estimate of drug-likeness (QED) is 0.767. The third kappa shape index (κ3) is 1.84. The molecule has 1 aliphatic carbocycles. The van der Waals surface area contributed by atoms with Crippen LogP contribution >= 0.6 is 0 Å². The average molecular weight is 227 g/mol. The second kappa shape index (κ2) is 4.28. The molecule has 3 rings (SSSR count). The molecule has 88 valence electrons. The fourth-order valence-electron chi connectivity index (χ4n) is 2.61. The van der Waals surface area contributed by atoms with Gasteiger partial charge in [0.2, 0.25) is 0 Å². The SMILES string of the molecule is COc1ccc(-n2ccc3c2CCCC3)cc1. The minimum Gasteiger partial charge on any atom is -0.497 e. The van der Waals surface area contributed by atoms with Gasteiger partial charge in [0.15, 0.2) is 0 Å². The van der Waals surface area contributed by atoms with Gasteiger partial charge in [-0.1, -0.05) is 0 Å². The lowest BCUT2D eigenvalue weighted by molar-refractivity contribution is 0.414. The highest BCUT2D eigenvalue weighted by Crippen LogP contribution is 2.25. The Bertz CT molecular complexity index is 510. The maximum absolute atomic E-state index is 5.19. The minimum atomic E-state index is 0.912. The Balaban J connectivity index is 2.00. The second-order valence-corrected chi connectivity index (χ2v) is 4.56. The van der Waals surface area contributed by atoms with Crippen LogP contribution in [0.25, 0.3) is 5.69 Å². The lowest BCUT2D eigenvalue weighted by Crippen LogP contribution is -2.06. The van der Waals surface area contributed by atoms with E-state index in [1.165, 1.54) is 42.6 Å². The normalized spacial score (nSPS) is 14.4. The number of ether oxygens (including phenoxy) is 1. The number of fused-ring (bicyclic) bond motifs is 1. The van der Waals surface area contributed by atoms with Crippen LogP contribution in [0.3, 0.4) is 0 Å². The summed E-state index contributed by atoms with van der Waals surface area (Å²) >= 11 is 0. The summed E-state index contributed by atoms with van der Waals surface area (Å²) in [5.74, 6) is 0.912. The first-order valence-corrected chi connectivity index (χ1v) is 6.22. The Morgan fingerprint density at radius 2 is 1.76 bits per heavy atom. The van der Waals surface area contributed by atoms with Gasteiger partial charge in [0.1, 0.15) is 5.75 Å². The van der Waals surface area contributed by atoms with Crippen LogP contribution in [0.1, 0.15) is 24.1 Å². The van der Waals surface area contributed by atoms with Crippen LogP contribution in [0.2, 0.25) is 0 Å². The number of aromatic nitrogens is 1. The van der Waals surface area contributed by atoms with Crippen molar-refractivity contribution in [2.24, 2.45) is 0 Å². The molecule has 0 N–H and O–H groups in total. The molecule has 0 spiro atoms. The van der Waals surface area contributed by atoms with Gasteiger partial charge in [-0.25, -0.2) is 0 Å². The number of hydrogen-bond acceptors (Lipinski definition) is 1. The summed E-state index contributed by atoms with van der Waals surface area (Å²) in [6, 6.07) is 10.5. The van der Waals surface area contributed by atoms with E-state index in [1.54, 1.807) is 7.11 Å². The number of methoxy groups -OCH3 is 1. The van der Waals surface area contributed by atoms with E-state index in [-0.39, 0.29) is 0 Å². The largest absolute Gasteiger partial charge is 0.497 e. The lowest BCUT2D eigenvalue weighted by Gasteiger charge is -2.15. The molecule has 0 saturated heterocycles. The predicted molar refractivity (Wildman–Crippen MR) is 69.0 cm³/mol. The molecule has 2 nitrogen and oxygen atoms in total. The molecule has 1 aliphatic rings. The van der Waals surface area contributed by atoms with Crippen LogP contribution in [0.4, 0.5) is 0 Å². The molecule has 0 unspecified atom stereocenters. The van der Waals surface area contributed by atoms with Crippen molar-refractivity contribution in [3.05, 3.63) is 47.8 Å². The summed E-state index contributed by atoms with van der Waals surface area (Å²) in [5, 5.41) is 0. The van der Waals surface area contributed by atoms with E-state index in [1.807, 2.05) is 12.1 Å². The Hall–Kier alpha value is -1.70. The number of nitrogens with zero attached hydrogens (tertiary/aromatic N) is 1. The third-order valence-electron chi connectivity index (χ3n) is 3.55. The zero-order valence-corrected chi connectivity index (χ0v) is 10.1. The smallest absolute Gasteiger partial charge is 0.119 e. The fourth-order valence-corrected chi connectivity index (χ4v) is 2.61. The number of aryl methyl sites for hydroxylation is 1. The molecule has 1 aromatic heterocycles. The monoisotopic (exact) mass is 227 g/mol. The molecular weight excluding hydrogens is 210 g/mol. The molecule has 17 heavy (non-hydrogen) atoms. The molecule has 0 saturated carbocycles. The predicted octanol–water partition coefficient (Wildman–Crippen LogP) is 3.36. The first-order valence-electron chi connectivity index (χ1n) is 6.22. The fraction of sp³-hybridized carbons (Fsp3) is 0.333. The van der Waals surface area contributed by atoms with Crippen molar-refractivity contribution in [1.82, 2.24) is 4.57 Å². The molecule has 2 heteroatoms. The van der Waals surface area contributed by atoms with Crippen molar-refractivity contribution in [3.63, 3.8) is 0 Å². The summed E-state index contributed by atoms with van der Waals surface area (Å²) < 4.78 is 7.50. The molecule has 0 radical (unpaired) electrons. The van der Waals surface area contributed by atoms with Gasteiger partial charge in [0, 0.05) is 17.6 Å². The van der Waals surface area contributed by atoms with Crippen LogP contribution < -0.4 is 4.74 Å². The molecule has 0 bridgehead atoms. The third-order valence-corrected chi connectivity index (χ3v) is 3.55. The Kier molecular flexibility index (Phi) is 2.63. The summed E-state index contributed by atoms with van der Waals surface area (Å²) in [6.45, 7) is 0. The molecule has 0 fully saturated rings. The van der Waals surface area contributed by atoms with E-state index in [0.29, 0.717) is 0 Å². The van der Waals surface area contributed by atoms with Crippen LogP contribution in [0.15, 0.2) is 36.5 Å². The molecule has 0 atom stereocenters. The minimum absolute atomic E-state index is 0.912. The van der Waals surface area contributed by atoms with Gasteiger partial charge in [0.25, 0.3) is 0 Å². The average Bonchev–Trinajstić information content (AvgIpc) is 2.83. The van der Waals surface area contributed by atoms with E-state index < -0.39 is 0 Å². The first kappa shape index (κ1) is 10.5. The highest BCUT2D eigenvalue weighted by Gasteiger charge is 2.14. The molecular formula is C15H17NO. The van der Waals surface area contributed by atoms with E-state index in [2.05, 4.69) is 29.0 Å². The Morgan fingerprint density at radius 1 is 1.00 bits per heavy atom. The number of rotatable bonds is 2. The number of benzene rings is 1. The molecule has 2 aromatic rings. The van der Waals surface area contributed by atoms with E-state index in [4.69, 9.17) is 4.74 Å². The van der Waals surface area contributed by atoms with E-state index >= 15 is 0 Å². The van der Waals surface area contributed by atoms with Crippen molar-refractivity contribution in [2.45, 2.75) is 25.7 Å². The lowest BCUT2D eigenvalue weighted by atomic mass is 9.98. The number of hydrogen-bond donors (Lipinski definition) is 0. The van der Waals surface area contributed by atoms with Crippen molar-refractivity contribution >= 4 is 0 Å². The van der Waals surface area contributed by atoms with Crippen molar-refractivity contribution in [2.75, 3.05) is 7.11 Å². The highest BCUT2D eigenvalue weighted by molar-refractivity contribution is 5.42. The highest BCUT2D eigenvalue weighted by atomic mass is 16.5. The molecule has 1 heterocycles. The topological polar surface area (TPSA) is 14.2 Å². The zero-order valence-electron chi connectivity index (χ0n) is 10.1. The van der Waals surface area contributed by atoms with Gasteiger partial charge in [-0.2, -0.15) is 0 Å². The van der Waals surface area contributed by atoms with Gasteiger partial charge in [0.05, 0.1) is 7.11 Å². The van der Waals surface area contributed by atoms with Crippen molar-refractivity contribution in [3.8, 4) is 11.4 Å². The summed E-state index contributed by atoms with van der Waals surface area (Å²) in [4.78, 5) is 0. The van der Waals surface area contributed by atoms with Crippen LogP contribution in [-0.2, 0) is 12.8 Å². The maximum atomic E-state index is 5.19. The first-order chi connectivity index (χ1) is 8.38. The van der Waals surface area contributed by atoms with Gasteiger partial charge in [-0.15, -0.1) is 0 Å². The summed E-state index contributed by atoms with van der Waals surface area (Å²) in [6.07, 6.45) is 7.28. The Morgan fingerprint density at radius 3 is 2.53 bits per heavy atom. The van der Waals surface area contributed by atoms with Gasteiger partial charge in [-0.05, 0) is 61.6 Å². The summed E-state index contributed by atoms with van der Waals surface area (Å²) in [7, 11) is 1.70. The van der Waals surface area contributed by atoms with Crippen LogP contribution in [-0.4, -0.2) is 11.7 Å². The van der Waals surface area contributed by atoms with Gasteiger partial charge in [-0.3, -0.25) is 0 Å². The van der Waals surface area contributed by atoms with E-state index in [9.17, 15) is 0 Å². The zero-order chi connectivity index (χ0) is 11.7. The molecule has 1 aromatic carbocycles.